The maximum Gasteiger partial charge on any atom is 0.0568 e. The van der Waals surface area contributed by atoms with Crippen LogP contribution >= 0.6 is 0 Å². The number of nitrogens with one attached hydrogen (secondary N) is 1. The van der Waals surface area contributed by atoms with E-state index in [1.54, 1.807) is 0 Å². The van der Waals surface area contributed by atoms with Gasteiger partial charge in [-0.3, -0.25) is 4.21 Å². The summed E-state index contributed by atoms with van der Waals surface area (Å²) in [5.74, 6) is 0.384. The maximum absolute atomic E-state index is 13.0. The smallest absolute Gasteiger partial charge is 0.0568 e. The number of hydrogen-bond donors (Lipinski definition) is 1. The van der Waals surface area contributed by atoms with Crippen LogP contribution < -0.4 is 5.32 Å². The molecule has 0 aliphatic heterocycles. The second-order valence-electron chi connectivity index (χ2n) is 6.10. The molecule has 0 saturated heterocycles. The van der Waals surface area contributed by atoms with Crippen molar-refractivity contribution in [3.63, 3.8) is 0 Å². The van der Waals surface area contributed by atoms with Crippen LogP contribution in [0.15, 0.2) is 30.3 Å². The van der Waals surface area contributed by atoms with Crippen LogP contribution in [0.2, 0.25) is 0 Å². The zero-order chi connectivity index (χ0) is 15.8. The van der Waals surface area contributed by atoms with Crippen molar-refractivity contribution in [3.8, 4) is 0 Å². The van der Waals surface area contributed by atoms with E-state index in [4.69, 9.17) is 0 Å². The Hall–Kier alpha value is -0.670. The molecule has 1 rings (SSSR count). The number of benzene rings is 1. The summed E-state index contributed by atoms with van der Waals surface area (Å²) >= 11 is 0. The van der Waals surface area contributed by atoms with Crippen LogP contribution in [0.3, 0.4) is 0 Å². The molecule has 4 atom stereocenters. The summed E-state index contributed by atoms with van der Waals surface area (Å²) < 4.78 is 13.0. The predicted octanol–water partition coefficient (Wildman–Crippen LogP) is 4.30. The minimum Gasteiger partial charge on any atom is -0.309 e. The van der Waals surface area contributed by atoms with Gasteiger partial charge in [-0.2, -0.15) is 0 Å². The zero-order valence-electron chi connectivity index (χ0n) is 14.1. The molecule has 120 valence electrons. The first-order valence-corrected chi connectivity index (χ1v) is 9.48. The molecule has 1 aromatic rings. The molecule has 2 nitrogen and oxygen atoms in total. The maximum atomic E-state index is 13.0. The number of rotatable bonds is 9. The van der Waals surface area contributed by atoms with E-state index in [0.717, 1.165) is 19.4 Å². The fraction of sp³-hybridized carbons (Fsp3) is 0.667. The third-order valence-corrected chi connectivity index (χ3v) is 6.48. The van der Waals surface area contributed by atoms with Gasteiger partial charge in [0.05, 0.1) is 5.25 Å². The molecule has 0 bridgehead atoms. The third-order valence-electron chi connectivity index (χ3n) is 4.00. The van der Waals surface area contributed by atoms with Gasteiger partial charge < -0.3 is 5.32 Å². The largest absolute Gasteiger partial charge is 0.309 e. The SMILES string of the molecule is CCCNC(c1ccccc1)C(C(C)C)S(=O)C(C)CC. The van der Waals surface area contributed by atoms with Crippen molar-refractivity contribution in [3.05, 3.63) is 35.9 Å². The summed E-state index contributed by atoms with van der Waals surface area (Å²) in [7, 11) is -0.829. The van der Waals surface area contributed by atoms with E-state index in [1.165, 1.54) is 5.56 Å². The summed E-state index contributed by atoms with van der Waals surface area (Å²) in [5, 5.41) is 4.02. The van der Waals surface area contributed by atoms with Gasteiger partial charge in [-0.1, -0.05) is 65.0 Å². The van der Waals surface area contributed by atoms with Gasteiger partial charge in [0.25, 0.3) is 0 Å². The van der Waals surface area contributed by atoms with E-state index < -0.39 is 10.8 Å². The molecule has 0 aliphatic rings. The Bertz CT molecular complexity index is 418. The first-order valence-electron chi connectivity index (χ1n) is 8.20. The zero-order valence-corrected chi connectivity index (χ0v) is 15.0. The highest BCUT2D eigenvalue weighted by Gasteiger charge is 2.32. The van der Waals surface area contributed by atoms with E-state index in [2.05, 4.69) is 64.2 Å². The van der Waals surface area contributed by atoms with E-state index >= 15 is 0 Å². The molecule has 0 aliphatic carbocycles. The molecule has 4 unspecified atom stereocenters. The normalized spacial score (nSPS) is 17.4. The highest BCUT2D eigenvalue weighted by atomic mass is 32.2. The topological polar surface area (TPSA) is 29.1 Å². The van der Waals surface area contributed by atoms with Crippen molar-refractivity contribution in [2.24, 2.45) is 5.92 Å². The molecule has 1 N–H and O–H groups in total. The summed E-state index contributed by atoms with van der Waals surface area (Å²) in [4.78, 5) is 0. The van der Waals surface area contributed by atoms with E-state index in [1.807, 2.05) is 6.07 Å². The second kappa shape index (κ2) is 9.37. The van der Waals surface area contributed by atoms with Crippen molar-refractivity contribution in [1.29, 1.82) is 0 Å². The minimum absolute atomic E-state index is 0.147. The van der Waals surface area contributed by atoms with Crippen molar-refractivity contribution in [2.45, 2.75) is 64.0 Å². The Balaban J connectivity index is 3.09. The number of hydrogen-bond acceptors (Lipinski definition) is 2. The summed E-state index contributed by atoms with van der Waals surface area (Å²) in [5.41, 5.74) is 1.25. The molecule has 21 heavy (non-hydrogen) atoms. The predicted molar refractivity (Wildman–Crippen MR) is 94.0 cm³/mol. The van der Waals surface area contributed by atoms with Crippen molar-refractivity contribution < 1.29 is 4.21 Å². The molecule has 0 fully saturated rings. The highest BCUT2D eigenvalue weighted by molar-refractivity contribution is 7.86. The molecule has 0 amide bonds. The fourth-order valence-corrected chi connectivity index (χ4v) is 4.53. The Morgan fingerprint density at radius 3 is 2.19 bits per heavy atom. The molecule has 0 heterocycles. The van der Waals surface area contributed by atoms with Gasteiger partial charge in [0.1, 0.15) is 0 Å². The lowest BCUT2D eigenvalue weighted by Gasteiger charge is -2.32. The Labute approximate surface area is 133 Å². The first-order chi connectivity index (χ1) is 10.0. The van der Waals surface area contributed by atoms with Crippen LogP contribution in [0.25, 0.3) is 0 Å². The lowest BCUT2D eigenvalue weighted by molar-refractivity contribution is 0.433. The Morgan fingerprint density at radius 1 is 1.10 bits per heavy atom. The van der Waals surface area contributed by atoms with Crippen LogP contribution in [0.1, 0.15) is 59.1 Å². The summed E-state index contributed by atoms with van der Waals surface area (Å²) in [6, 6.07) is 10.6. The lowest BCUT2D eigenvalue weighted by atomic mass is 9.96. The Kier molecular flexibility index (Phi) is 8.20. The molecule has 1 aromatic carbocycles. The van der Waals surface area contributed by atoms with Crippen LogP contribution in [0.5, 0.6) is 0 Å². The second-order valence-corrected chi connectivity index (χ2v) is 8.10. The molecule has 0 aromatic heterocycles. The van der Waals surface area contributed by atoms with E-state index in [9.17, 15) is 4.21 Å². The highest BCUT2D eigenvalue weighted by Crippen LogP contribution is 2.28. The van der Waals surface area contributed by atoms with Crippen molar-refractivity contribution >= 4 is 10.8 Å². The summed E-state index contributed by atoms with van der Waals surface area (Å²) in [6.07, 6.45) is 2.05. The van der Waals surface area contributed by atoms with Gasteiger partial charge in [0.2, 0.25) is 0 Å². The van der Waals surface area contributed by atoms with Crippen LogP contribution in [0.4, 0.5) is 0 Å². The molecule has 3 heteroatoms. The molecule has 0 spiro atoms. The van der Waals surface area contributed by atoms with Gasteiger partial charge in [0.15, 0.2) is 0 Å². The fourth-order valence-electron chi connectivity index (χ4n) is 2.60. The monoisotopic (exact) mass is 309 g/mol. The lowest BCUT2D eigenvalue weighted by Crippen LogP contribution is -2.41. The quantitative estimate of drug-likeness (QED) is 0.737. The van der Waals surface area contributed by atoms with E-state index in [0.29, 0.717) is 5.92 Å². The standard InChI is InChI=1S/C18H31NOS/c1-6-13-19-17(16-11-9-8-10-12-16)18(14(3)4)21(20)15(5)7-2/h8-12,14-15,17-19H,6-7,13H2,1-5H3. The van der Waals surface area contributed by atoms with E-state index in [-0.39, 0.29) is 16.5 Å². The Morgan fingerprint density at radius 2 is 1.71 bits per heavy atom. The average molecular weight is 310 g/mol. The molecular weight excluding hydrogens is 278 g/mol. The minimum atomic E-state index is -0.829. The summed E-state index contributed by atoms with van der Waals surface area (Å²) in [6.45, 7) is 11.7. The molecule has 0 radical (unpaired) electrons. The van der Waals surface area contributed by atoms with Crippen molar-refractivity contribution in [1.82, 2.24) is 5.32 Å². The molecule has 0 saturated carbocycles. The van der Waals surface area contributed by atoms with Crippen LogP contribution in [0, 0.1) is 5.92 Å². The van der Waals surface area contributed by atoms with Crippen molar-refractivity contribution in [2.75, 3.05) is 6.54 Å². The van der Waals surface area contributed by atoms with Gasteiger partial charge in [-0.05, 0) is 30.9 Å². The third kappa shape index (κ3) is 5.23. The van der Waals surface area contributed by atoms with Gasteiger partial charge in [-0.15, -0.1) is 0 Å². The molecular formula is C18H31NOS. The first kappa shape index (κ1) is 18.4. The average Bonchev–Trinajstić information content (AvgIpc) is 2.50. The van der Waals surface area contributed by atoms with Crippen LogP contribution in [-0.2, 0) is 10.8 Å². The van der Waals surface area contributed by atoms with Gasteiger partial charge >= 0.3 is 0 Å². The van der Waals surface area contributed by atoms with Gasteiger partial charge in [0, 0.05) is 22.1 Å². The van der Waals surface area contributed by atoms with Gasteiger partial charge in [-0.25, -0.2) is 0 Å². The van der Waals surface area contributed by atoms with Crippen LogP contribution in [-0.4, -0.2) is 21.3 Å².